The lowest BCUT2D eigenvalue weighted by Crippen LogP contribution is -2.57. The number of benzene rings is 1. The third-order valence-electron chi connectivity index (χ3n) is 5.86. The molecule has 0 bridgehead atoms. The average molecular weight is 310 g/mol. The van der Waals surface area contributed by atoms with Gasteiger partial charge in [0.15, 0.2) is 0 Å². The summed E-state index contributed by atoms with van der Waals surface area (Å²) in [5, 5.41) is 12.1. The highest BCUT2D eigenvalue weighted by atomic mass is 16.3. The SMILES string of the molecule is C.C=CC1CC2(C)C1CCN2C(O)c1ccnc2ccccc12. The number of aliphatic hydroxyl groups is 1. The number of likely N-dealkylation sites (tertiary alicyclic amines) is 1. The molecular weight excluding hydrogens is 284 g/mol. The average Bonchev–Trinajstić information content (AvgIpc) is 2.80. The molecule has 23 heavy (non-hydrogen) atoms. The molecule has 4 atom stereocenters. The van der Waals surface area contributed by atoms with E-state index in [-0.39, 0.29) is 13.0 Å². The van der Waals surface area contributed by atoms with Crippen molar-refractivity contribution in [2.45, 2.75) is 39.0 Å². The first kappa shape index (κ1) is 16.2. The molecule has 4 rings (SSSR count). The van der Waals surface area contributed by atoms with Gasteiger partial charge in [0.2, 0.25) is 0 Å². The second-order valence-electron chi connectivity index (χ2n) is 6.84. The Morgan fingerprint density at radius 1 is 1.39 bits per heavy atom. The second-order valence-corrected chi connectivity index (χ2v) is 6.84. The summed E-state index contributed by atoms with van der Waals surface area (Å²) in [4.78, 5) is 6.68. The van der Waals surface area contributed by atoms with E-state index in [0.29, 0.717) is 11.8 Å². The lowest BCUT2D eigenvalue weighted by atomic mass is 9.60. The van der Waals surface area contributed by atoms with E-state index in [9.17, 15) is 5.11 Å². The van der Waals surface area contributed by atoms with Gasteiger partial charge in [-0.15, -0.1) is 6.58 Å². The van der Waals surface area contributed by atoms with Crippen LogP contribution in [0.25, 0.3) is 10.9 Å². The topological polar surface area (TPSA) is 36.4 Å². The molecule has 3 heteroatoms. The minimum Gasteiger partial charge on any atom is -0.374 e. The summed E-state index contributed by atoms with van der Waals surface area (Å²) < 4.78 is 0. The van der Waals surface area contributed by atoms with Gasteiger partial charge in [-0.3, -0.25) is 9.88 Å². The Balaban J connectivity index is 0.00000156. The van der Waals surface area contributed by atoms with E-state index in [1.54, 1.807) is 6.20 Å². The van der Waals surface area contributed by atoms with Crippen molar-refractivity contribution < 1.29 is 5.11 Å². The highest BCUT2D eigenvalue weighted by Crippen LogP contribution is 2.56. The molecule has 1 N–H and O–H groups in total. The first-order valence-electron chi connectivity index (χ1n) is 8.06. The highest BCUT2D eigenvalue weighted by molar-refractivity contribution is 5.82. The van der Waals surface area contributed by atoms with Crippen LogP contribution in [-0.4, -0.2) is 27.1 Å². The van der Waals surface area contributed by atoms with E-state index in [4.69, 9.17) is 0 Å². The number of aromatic nitrogens is 1. The zero-order valence-corrected chi connectivity index (χ0v) is 12.9. The Kier molecular flexibility index (Phi) is 4.03. The van der Waals surface area contributed by atoms with Crippen LogP contribution >= 0.6 is 0 Å². The maximum Gasteiger partial charge on any atom is 0.134 e. The molecule has 0 spiro atoms. The number of hydrogen-bond acceptors (Lipinski definition) is 3. The van der Waals surface area contributed by atoms with Gasteiger partial charge in [0, 0.05) is 29.2 Å². The Morgan fingerprint density at radius 3 is 2.96 bits per heavy atom. The van der Waals surface area contributed by atoms with Gasteiger partial charge >= 0.3 is 0 Å². The van der Waals surface area contributed by atoms with Gasteiger partial charge in [0.25, 0.3) is 0 Å². The number of fused-ring (bicyclic) bond motifs is 2. The van der Waals surface area contributed by atoms with Crippen LogP contribution in [0.5, 0.6) is 0 Å². The molecule has 3 nitrogen and oxygen atoms in total. The molecule has 2 heterocycles. The van der Waals surface area contributed by atoms with Crippen LogP contribution in [0.4, 0.5) is 0 Å². The molecular formula is C20H26N2O. The van der Waals surface area contributed by atoms with Gasteiger partial charge in [-0.05, 0) is 43.7 Å². The summed E-state index contributed by atoms with van der Waals surface area (Å²) in [6, 6.07) is 9.99. The fourth-order valence-electron chi connectivity index (χ4n) is 4.62. The van der Waals surface area contributed by atoms with E-state index >= 15 is 0 Å². The molecule has 1 aromatic carbocycles. The number of allylic oxidation sites excluding steroid dienone is 1. The predicted molar refractivity (Wildman–Crippen MR) is 95.0 cm³/mol. The molecule has 1 aliphatic heterocycles. The van der Waals surface area contributed by atoms with Gasteiger partial charge in [0.1, 0.15) is 6.23 Å². The molecule has 4 unspecified atom stereocenters. The number of rotatable bonds is 3. The third kappa shape index (κ3) is 2.22. The lowest BCUT2D eigenvalue weighted by Gasteiger charge is -2.53. The van der Waals surface area contributed by atoms with Gasteiger partial charge < -0.3 is 5.11 Å². The van der Waals surface area contributed by atoms with Crippen LogP contribution < -0.4 is 0 Å². The van der Waals surface area contributed by atoms with Crippen LogP contribution in [0.15, 0.2) is 49.2 Å². The fraction of sp³-hybridized carbons (Fsp3) is 0.450. The fourth-order valence-corrected chi connectivity index (χ4v) is 4.62. The Morgan fingerprint density at radius 2 is 2.17 bits per heavy atom. The molecule has 0 radical (unpaired) electrons. The number of pyridine rings is 1. The van der Waals surface area contributed by atoms with Gasteiger partial charge in [0.05, 0.1) is 5.52 Å². The minimum atomic E-state index is -0.561. The van der Waals surface area contributed by atoms with Gasteiger partial charge in [-0.25, -0.2) is 0 Å². The van der Waals surface area contributed by atoms with Crippen LogP contribution in [0.2, 0.25) is 0 Å². The van der Waals surface area contributed by atoms with Crippen molar-refractivity contribution in [3.8, 4) is 0 Å². The van der Waals surface area contributed by atoms with Crippen molar-refractivity contribution in [3.63, 3.8) is 0 Å². The number of para-hydroxylation sites is 1. The Hall–Kier alpha value is -1.71. The van der Waals surface area contributed by atoms with E-state index in [1.165, 1.54) is 0 Å². The molecule has 2 aliphatic rings. The van der Waals surface area contributed by atoms with Crippen molar-refractivity contribution in [2.24, 2.45) is 11.8 Å². The number of aliphatic hydroxyl groups excluding tert-OH is 1. The smallest absolute Gasteiger partial charge is 0.134 e. The third-order valence-corrected chi connectivity index (χ3v) is 5.86. The summed E-state index contributed by atoms with van der Waals surface area (Å²) in [7, 11) is 0. The molecule has 0 amide bonds. The second kappa shape index (κ2) is 5.73. The van der Waals surface area contributed by atoms with E-state index in [2.05, 4.69) is 29.5 Å². The van der Waals surface area contributed by atoms with Gasteiger partial charge in [-0.2, -0.15) is 0 Å². The summed E-state index contributed by atoms with van der Waals surface area (Å²) >= 11 is 0. The number of nitrogens with zero attached hydrogens (tertiary/aromatic N) is 2. The first-order chi connectivity index (χ1) is 10.6. The van der Waals surface area contributed by atoms with Crippen LogP contribution in [0, 0.1) is 11.8 Å². The number of hydrogen-bond donors (Lipinski definition) is 1. The first-order valence-corrected chi connectivity index (χ1v) is 8.06. The maximum atomic E-state index is 11.0. The predicted octanol–water partition coefficient (Wildman–Crippen LogP) is 4.15. The van der Waals surface area contributed by atoms with Crippen molar-refractivity contribution in [3.05, 3.63) is 54.7 Å². The van der Waals surface area contributed by atoms with E-state index in [0.717, 1.165) is 35.9 Å². The van der Waals surface area contributed by atoms with Crippen LogP contribution in [-0.2, 0) is 0 Å². The van der Waals surface area contributed by atoms with Crippen molar-refractivity contribution in [1.29, 1.82) is 0 Å². The maximum absolute atomic E-state index is 11.0. The van der Waals surface area contributed by atoms with Crippen LogP contribution in [0.3, 0.4) is 0 Å². The molecule has 122 valence electrons. The minimum absolute atomic E-state index is 0. The Bertz CT molecular complexity index is 723. The zero-order valence-electron chi connectivity index (χ0n) is 12.9. The monoisotopic (exact) mass is 310 g/mol. The summed E-state index contributed by atoms with van der Waals surface area (Å²) in [5.74, 6) is 1.24. The normalized spacial score (nSPS) is 31.0. The standard InChI is InChI=1S/C19H22N2O.CH4/c1-3-13-12-19(2)16(13)9-11-21(19)18(22)15-8-10-20-17-7-5-4-6-14(15)17;/h3-8,10,13,16,18,22H,1,9,11-12H2,2H3;1H4. The molecule has 2 aromatic rings. The molecule has 1 saturated carbocycles. The largest absolute Gasteiger partial charge is 0.374 e. The molecule has 1 aromatic heterocycles. The Labute approximate surface area is 138 Å². The zero-order chi connectivity index (χ0) is 15.3. The lowest BCUT2D eigenvalue weighted by molar-refractivity contribution is -0.0975. The van der Waals surface area contributed by atoms with E-state index < -0.39 is 6.23 Å². The van der Waals surface area contributed by atoms with E-state index in [1.807, 2.05) is 30.3 Å². The summed E-state index contributed by atoms with van der Waals surface area (Å²) in [6.07, 6.45) is 5.57. The van der Waals surface area contributed by atoms with Crippen LogP contribution in [0.1, 0.15) is 39.0 Å². The van der Waals surface area contributed by atoms with Crippen molar-refractivity contribution in [2.75, 3.05) is 6.54 Å². The molecule has 1 saturated heterocycles. The van der Waals surface area contributed by atoms with Gasteiger partial charge in [-0.1, -0.05) is 31.7 Å². The summed E-state index contributed by atoms with van der Waals surface area (Å²) in [5.41, 5.74) is 2.01. The highest BCUT2D eigenvalue weighted by Gasteiger charge is 2.57. The van der Waals surface area contributed by atoms with Crippen molar-refractivity contribution in [1.82, 2.24) is 9.88 Å². The quantitative estimate of drug-likeness (QED) is 0.865. The molecule has 2 fully saturated rings. The summed E-state index contributed by atoms with van der Waals surface area (Å²) in [6.45, 7) is 7.19. The van der Waals surface area contributed by atoms with Crippen molar-refractivity contribution >= 4 is 10.9 Å². The molecule has 1 aliphatic carbocycles.